The summed E-state index contributed by atoms with van der Waals surface area (Å²) in [4.78, 5) is 10.9. The van der Waals surface area contributed by atoms with Crippen molar-refractivity contribution in [3.05, 3.63) is 65.2 Å². The number of hydrogen-bond acceptors (Lipinski definition) is 3. The monoisotopic (exact) mass is 353 g/mol. The van der Waals surface area contributed by atoms with E-state index in [0.717, 1.165) is 11.1 Å². The molecule has 0 spiro atoms. The van der Waals surface area contributed by atoms with Gasteiger partial charge >= 0.3 is 12.1 Å². The minimum atomic E-state index is -4.36. The average molecular weight is 353 g/mol. The van der Waals surface area contributed by atoms with E-state index in [1.54, 1.807) is 24.3 Å². The van der Waals surface area contributed by atoms with Crippen LogP contribution in [0.4, 0.5) is 13.2 Å². The van der Waals surface area contributed by atoms with Crippen LogP contribution in [0.15, 0.2) is 48.5 Å². The van der Waals surface area contributed by atoms with Gasteiger partial charge in [-0.1, -0.05) is 24.3 Å². The van der Waals surface area contributed by atoms with Crippen LogP contribution in [0.25, 0.3) is 0 Å². The molecule has 0 unspecified atom stereocenters. The Bertz CT molecular complexity index is 717. The summed E-state index contributed by atoms with van der Waals surface area (Å²) in [6, 6.07) is 13.2. The minimum Gasteiger partial charge on any atom is -0.484 e. The molecule has 0 fully saturated rings. The van der Waals surface area contributed by atoms with Crippen molar-refractivity contribution in [2.45, 2.75) is 19.1 Å². The predicted octanol–water partition coefficient (Wildman–Crippen LogP) is 3.66. The van der Waals surface area contributed by atoms with Gasteiger partial charge in [-0.25, -0.2) is 4.79 Å². The van der Waals surface area contributed by atoms with Crippen LogP contribution in [0.3, 0.4) is 0 Å². The Kier molecular flexibility index (Phi) is 6.41. The molecule has 0 heterocycles. The number of carboxylic acids is 1. The molecule has 0 aromatic heterocycles. The van der Waals surface area contributed by atoms with Gasteiger partial charge < -0.3 is 15.2 Å². The maximum absolute atomic E-state index is 12.2. The summed E-state index contributed by atoms with van der Waals surface area (Å²) in [5, 5.41) is 12.1. The quantitative estimate of drug-likeness (QED) is 0.711. The summed E-state index contributed by atoms with van der Waals surface area (Å²) in [6.07, 6.45) is -3.75. The lowest BCUT2D eigenvalue weighted by Crippen LogP contribution is -2.19. The fraction of sp³-hybridized carbons (Fsp3) is 0.278. The van der Waals surface area contributed by atoms with Crippen molar-refractivity contribution < 1.29 is 27.8 Å². The predicted molar refractivity (Wildman–Crippen MR) is 86.8 cm³/mol. The Morgan fingerprint density at radius 1 is 1.08 bits per heavy atom. The highest BCUT2D eigenvalue weighted by molar-refractivity contribution is 5.87. The summed E-state index contributed by atoms with van der Waals surface area (Å²) in [5.74, 6) is -0.790. The molecule has 4 nitrogen and oxygen atoms in total. The second-order valence-corrected chi connectivity index (χ2v) is 5.48. The number of ether oxygens (including phenoxy) is 1. The largest absolute Gasteiger partial charge is 0.484 e. The second kappa shape index (κ2) is 8.53. The first-order valence-electron chi connectivity index (χ1n) is 7.65. The highest BCUT2D eigenvalue weighted by Crippen LogP contribution is 2.19. The summed E-state index contributed by atoms with van der Waals surface area (Å²) in [6.45, 7) is -0.208. The number of halogens is 3. The molecule has 0 atom stereocenters. The Morgan fingerprint density at radius 2 is 1.80 bits per heavy atom. The lowest BCUT2D eigenvalue weighted by molar-refractivity contribution is -0.153. The van der Waals surface area contributed by atoms with Crippen LogP contribution in [0.5, 0.6) is 5.75 Å². The van der Waals surface area contributed by atoms with E-state index in [9.17, 15) is 18.0 Å². The Labute approximate surface area is 143 Å². The van der Waals surface area contributed by atoms with Crippen molar-refractivity contribution in [3.63, 3.8) is 0 Å². The number of hydrogen-bond donors (Lipinski definition) is 2. The lowest BCUT2D eigenvalue weighted by Gasteiger charge is -2.10. The molecule has 2 aromatic rings. The van der Waals surface area contributed by atoms with E-state index >= 15 is 0 Å². The molecule has 7 heteroatoms. The van der Waals surface area contributed by atoms with Gasteiger partial charge in [0.2, 0.25) is 0 Å². The Morgan fingerprint density at radius 3 is 2.52 bits per heavy atom. The number of rotatable bonds is 8. The number of aromatic carboxylic acids is 1. The molecule has 0 aliphatic rings. The first kappa shape index (κ1) is 18.8. The fourth-order valence-electron chi connectivity index (χ4n) is 2.24. The molecule has 2 N–H and O–H groups in total. The molecule has 2 aromatic carbocycles. The van der Waals surface area contributed by atoms with Crippen molar-refractivity contribution in [1.29, 1.82) is 0 Å². The van der Waals surface area contributed by atoms with Crippen molar-refractivity contribution in [2.75, 3.05) is 13.2 Å². The molecule has 25 heavy (non-hydrogen) atoms. The Hall–Kier alpha value is -2.54. The fourth-order valence-corrected chi connectivity index (χ4v) is 2.24. The van der Waals surface area contributed by atoms with E-state index in [-0.39, 0.29) is 11.3 Å². The Balaban J connectivity index is 1.80. The SMILES string of the molecule is O=C(O)c1cccc(CNCCc2cccc(OCC(F)(F)F)c2)c1. The molecule has 0 amide bonds. The first-order chi connectivity index (χ1) is 11.8. The van der Waals surface area contributed by atoms with E-state index in [1.807, 2.05) is 12.1 Å². The van der Waals surface area contributed by atoms with E-state index in [4.69, 9.17) is 9.84 Å². The van der Waals surface area contributed by atoms with Crippen LogP contribution in [0.1, 0.15) is 21.5 Å². The van der Waals surface area contributed by atoms with E-state index in [2.05, 4.69) is 5.32 Å². The van der Waals surface area contributed by atoms with Crippen LogP contribution in [0.2, 0.25) is 0 Å². The topological polar surface area (TPSA) is 58.6 Å². The molecule has 2 rings (SSSR count). The molecule has 134 valence electrons. The van der Waals surface area contributed by atoms with E-state index in [0.29, 0.717) is 19.5 Å². The zero-order chi connectivity index (χ0) is 18.3. The average Bonchev–Trinajstić information content (AvgIpc) is 2.57. The van der Waals surface area contributed by atoms with Crippen LogP contribution >= 0.6 is 0 Å². The number of benzene rings is 2. The molecule has 0 radical (unpaired) electrons. The van der Waals surface area contributed by atoms with E-state index < -0.39 is 18.8 Å². The minimum absolute atomic E-state index is 0.184. The first-order valence-corrected chi connectivity index (χ1v) is 7.65. The van der Waals surface area contributed by atoms with Crippen molar-refractivity contribution in [3.8, 4) is 5.75 Å². The third-order valence-electron chi connectivity index (χ3n) is 3.39. The third kappa shape index (κ3) is 6.84. The molecule has 0 saturated heterocycles. The van der Waals surface area contributed by atoms with Crippen molar-refractivity contribution in [1.82, 2.24) is 5.32 Å². The number of carbonyl (C=O) groups is 1. The number of carboxylic acid groups (broad SMARTS) is 1. The summed E-state index contributed by atoms with van der Waals surface area (Å²) in [5.41, 5.74) is 1.93. The van der Waals surface area contributed by atoms with Gasteiger partial charge in [0.05, 0.1) is 5.56 Å². The normalized spacial score (nSPS) is 11.3. The van der Waals surface area contributed by atoms with Gasteiger partial charge in [-0.15, -0.1) is 0 Å². The maximum Gasteiger partial charge on any atom is 0.422 e. The van der Waals surface area contributed by atoms with Gasteiger partial charge in [0.15, 0.2) is 6.61 Å². The summed E-state index contributed by atoms with van der Waals surface area (Å²) >= 11 is 0. The lowest BCUT2D eigenvalue weighted by atomic mass is 10.1. The van der Waals surface area contributed by atoms with Crippen molar-refractivity contribution in [2.24, 2.45) is 0 Å². The number of alkyl halides is 3. The molecule has 0 saturated carbocycles. The van der Waals surface area contributed by atoms with Gasteiger partial charge in [0.1, 0.15) is 5.75 Å². The molecule has 0 bridgehead atoms. The smallest absolute Gasteiger partial charge is 0.422 e. The number of nitrogens with one attached hydrogen (secondary N) is 1. The van der Waals surface area contributed by atoms with Gasteiger partial charge in [-0.2, -0.15) is 13.2 Å². The molecular weight excluding hydrogens is 335 g/mol. The van der Waals surface area contributed by atoms with E-state index in [1.165, 1.54) is 12.1 Å². The van der Waals surface area contributed by atoms with Crippen LogP contribution in [-0.2, 0) is 13.0 Å². The van der Waals surface area contributed by atoms with Crippen LogP contribution in [0, 0.1) is 0 Å². The second-order valence-electron chi connectivity index (χ2n) is 5.48. The van der Waals surface area contributed by atoms with Crippen molar-refractivity contribution >= 4 is 5.97 Å². The van der Waals surface area contributed by atoms with Gasteiger partial charge in [0.25, 0.3) is 0 Å². The maximum atomic E-state index is 12.2. The zero-order valence-electron chi connectivity index (χ0n) is 13.3. The third-order valence-corrected chi connectivity index (χ3v) is 3.39. The standard InChI is InChI=1S/C18H18F3NO3/c19-18(20,21)12-25-16-6-2-3-13(10-16)7-8-22-11-14-4-1-5-15(9-14)17(23)24/h1-6,9-10,22H,7-8,11-12H2,(H,23,24). The van der Waals surface area contributed by atoms with Gasteiger partial charge in [-0.3, -0.25) is 0 Å². The highest BCUT2D eigenvalue weighted by atomic mass is 19.4. The van der Waals surface area contributed by atoms with Crippen LogP contribution < -0.4 is 10.1 Å². The van der Waals surface area contributed by atoms with Crippen LogP contribution in [-0.4, -0.2) is 30.4 Å². The zero-order valence-corrected chi connectivity index (χ0v) is 13.3. The highest BCUT2D eigenvalue weighted by Gasteiger charge is 2.28. The van der Waals surface area contributed by atoms with Gasteiger partial charge in [-0.05, 0) is 48.4 Å². The van der Waals surface area contributed by atoms with Gasteiger partial charge in [0, 0.05) is 6.54 Å². The summed E-state index contributed by atoms with van der Waals surface area (Å²) in [7, 11) is 0. The summed E-state index contributed by atoms with van der Waals surface area (Å²) < 4.78 is 41.2. The molecular formula is C18H18F3NO3. The molecule has 0 aliphatic heterocycles. The molecule has 0 aliphatic carbocycles.